The van der Waals surface area contributed by atoms with Gasteiger partial charge in [-0.2, -0.15) is 0 Å². The van der Waals surface area contributed by atoms with Crippen LogP contribution in [0.2, 0.25) is 0 Å². The third-order valence-corrected chi connectivity index (χ3v) is 3.78. The van der Waals surface area contributed by atoms with Crippen molar-refractivity contribution in [3.05, 3.63) is 27.3 Å². The average molecular weight is 390 g/mol. The van der Waals surface area contributed by atoms with Gasteiger partial charge in [0.25, 0.3) is 5.91 Å². The van der Waals surface area contributed by atoms with Crippen molar-refractivity contribution >= 4 is 34.4 Å². The average Bonchev–Trinajstić information content (AvgIpc) is 2.41. The molecule has 1 aromatic rings. The highest BCUT2D eigenvalue weighted by atomic mass is 127. The third kappa shape index (κ3) is 5.36. The molecule has 0 heterocycles. The number of hydrogen-bond donors (Lipinski definition) is 3. The van der Waals surface area contributed by atoms with Crippen LogP contribution in [-0.2, 0) is 4.79 Å². The number of carbonyl (C=O) groups is 2. The molecule has 1 atom stereocenters. The minimum Gasteiger partial charge on any atom is -0.507 e. The number of hydrogen-bond acceptors (Lipinski definition) is 3. The standard InChI is InChI=1S/C14H19IN2O3/c1-3-9(2)17-13(19)6-7-16-14(20)10-4-5-11(15)12(18)8-10/h4-5,8-9,18H,3,6-7H2,1-2H3,(H,16,20)(H,17,19). The summed E-state index contributed by atoms with van der Waals surface area (Å²) in [6.07, 6.45) is 1.12. The van der Waals surface area contributed by atoms with Crippen LogP contribution in [0.1, 0.15) is 37.0 Å². The lowest BCUT2D eigenvalue weighted by molar-refractivity contribution is -0.121. The van der Waals surface area contributed by atoms with Gasteiger partial charge in [-0.1, -0.05) is 6.92 Å². The normalized spacial score (nSPS) is 11.8. The molecular weight excluding hydrogens is 371 g/mol. The Bertz CT molecular complexity index is 491. The number of rotatable bonds is 6. The van der Waals surface area contributed by atoms with Crippen LogP contribution in [0.3, 0.4) is 0 Å². The van der Waals surface area contributed by atoms with Crippen LogP contribution in [0.5, 0.6) is 5.75 Å². The molecule has 1 unspecified atom stereocenters. The summed E-state index contributed by atoms with van der Waals surface area (Å²) < 4.78 is 0.687. The van der Waals surface area contributed by atoms with Gasteiger partial charge in [-0.25, -0.2) is 0 Å². The second-order valence-electron chi connectivity index (χ2n) is 4.55. The zero-order valence-corrected chi connectivity index (χ0v) is 13.7. The lowest BCUT2D eigenvalue weighted by atomic mass is 10.2. The zero-order valence-electron chi connectivity index (χ0n) is 11.6. The highest BCUT2D eigenvalue weighted by Gasteiger charge is 2.09. The van der Waals surface area contributed by atoms with Crippen LogP contribution in [0.25, 0.3) is 0 Å². The van der Waals surface area contributed by atoms with Crippen molar-refractivity contribution in [3.63, 3.8) is 0 Å². The molecule has 1 rings (SSSR count). The first-order valence-corrected chi connectivity index (χ1v) is 7.58. The Morgan fingerprint density at radius 3 is 2.70 bits per heavy atom. The van der Waals surface area contributed by atoms with E-state index in [0.29, 0.717) is 9.13 Å². The number of phenols is 1. The predicted octanol–water partition coefficient (Wildman–Crippen LogP) is 2.03. The number of phenolic OH excluding ortho intramolecular Hbond substituents is 1. The van der Waals surface area contributed by atoms with Gasteiger partial charge in [0.2, 0.25) is 5.91 Å². The van der Waals surface area contributed by atoms with Crippen LogP contribution in [-0.4, -0.2) is 29.5 Å². The van der Waals surface area contributed by atoms with Crippen molar-refractivity contribution in [3.8, 4) is 5.75 Å². The SMILES string of the molecule is CCC(C)NC(=O)CCNC(=O)c1ccc(I)c(O)c1. The maximum absolute atomic E-state index is 11.8. The molecule has 110 valence electrons. The van der Waals surface area contributed by atoms with Crippen LogP contribution >= 0.6 is 22.6 Å². The molecule has 0 radical (unpaired) electrons. The van der Waals surface area contributed by atoms with Gasteiger partial charge in [0, 0.05) is 24.6 Å². The second-order valence-corrected chi connectivity index (χ2v) is 5.71. The lowest BCUT2D eigenvalue weighted by Gasteiger charge is -2.11. The van der Waals surface area contributed by atoms with Gasteiger partial charge in [-0.05, 0) is 54.1 Å². The minimum absolute atomic E-state index is 0.0766. The zero-order chi connectivity index (χ0) is 15.1. The highest BCUT2D eigenvalue weighted by Crippen LogP contribution is 2.20. The number of carbonyl (C=O) groups excluding carboxylic acids is 2. The first-order valence-electron chi connectivity index (χ1n) is 6.50. The Morgan fingerprint density at radius 1 is 1.40 bits per heavy atom. The number of nitrogens with one attached hydrogen (secondary N) is 2. The maximum atomic E-state index is 11.8. The van der Waals surface area contributed by atoms with E-state index < -0.39 is 0 Å². The summed E-state index contributed by atoms with van der Waals surface area (Å²) in [4.78, 5) is 23.3. The molecule has 3 N–H and O–H groups in total. The Labute approximate surface area is 132 Å². The van der Waals surface area contributed by atoms with E-state index in [4.69, 9.17) is 0 Å². The molecular formula is C14H19IN2O3. The van der Waals surface area contributed by atoms with Gasteiger partial charge in [0.15, 0.2) is 0 Å². The number of benzene rings is 1. The molecule has 6 heteroatoms. The van der Waals surface area contributed by atoms with E-state index >= 15 is 0 Å². The van der Waals surface area contributed by atoms with Crippen LogP contribution in [0, 0.1) is 3.57 Å². The Hall–Kier alpha value is -1.31. The summed E-state index contributed by atoms with van der Waals surface area (Å²) in [5.74, 6) is -0.300. The topological polar surface area (TPSA) is 78.4 Å². The minimum atomic E-state index is -0.298. The molecule has 0 aromatic heterocycles. The third-order valence-electron chi connectivity index (χ3n) is 2.87. The summed E-state index contributed by atoms with van der Waals surface area (Å²) in [5.41, 5.74) is 0.380. The largest absolute Gasteiger partial charge is 0.507 e. The van der Waals surface area contributed by atoms with E-state index in [2.05, 4.69) is 10.6 Å². The Morgan fingerprint density at radius 2 is 2.10 bits per heavy atom. The van der Waals surface area contributed by atoms with Crippen molar-refractivity contribution in [2.24, 2.45) is 0 Å². The summed E-state index contributed by atoms with van der Waals surface area (Å²) in [7, 11) is 0. The fourth-order valence-electron chi connectivity index (χ4n) is 1.49. The summed E-state index contributed by atoms with van der Waals surface area (Å²) in [6.45, 7) is 4.20. The van der Waals surface area contributed by atoms with Crippen molar-refractivity contribution in [2.75, 3.05) is 6.54 Å². The van der Waals surface area contributed by atoms with E-state index in [9.17, 15) is 14.7 Å². The monoisotopic (exact) mass is 390 g/mol. The summed E-state index contributed by atoms with van der Waals surface area (Å²) >= 11 is 1.98. The molecule has 0 aliphatic carbocycles. The fourth-order valence-corrected chi connectivity index (χ4v) is 1.83. The van der Waals surface area contributed by atoms with Crippen LogP contribution in [0.15, 0.2) is 18.2 Å². The van der Waals surface area contributed by atoms with Gasteiger partial charge in [-0.15, -0.1) is 0 Å². The molecule has 0 spiro atoms. The molecule has 2 amide bonds. The second kappa shape index (κ2) is 8.08. The van der Waals surface area contributed by atoms with Gasteiger partial charge in [0.1, 0.15) is 5.75 Å². The van der Waals surface area contributed by atoms with Gasteiger partial charge < -0.3 is 15.7 Å². The van der Waals surface area contributed by atoms with Gasteiger partial charge in [0.05, 0.1) is 3.57 Å². The smallest absolute Gasteiger partial charge is 0.251 e. The van der Waals surface area contributed by atoms with Crippen molar-refractivity contribution < 1.29 is 14.7 Å². The molecule has 0 bridgehead atoms. The Balaban J connectivity index is 2.40. The molecule has 0 saturated carbocycles. The predicted molar refractivity (Wildman–Crippen MR) is 85.7 cm³/mol. The van der Waals surface area contributed by atoms with E-state index in [1.165, 1.54) is 6.07 Å². The molecule has 0 saturated heterocycles. The summed E-state index contributed by atoms with van der Waals surface area (Å²) in [5, 5.41) is 15.0. The number of amides is 2. The molecule has 20 heavy (non-hydrogen) atoms. The van der Waals surface area contributed by atoms with Crippen molar-refractivity contribution in [1.82, 2.24) is 10.6 Å². The quantitative estimate of drug-likeness (QED) is 0.651. The first-order chi connectivity index (χ1) is 9.43. The molecule has 0 aliphatic rings. The molecule has 1 aromatic carbocycles. The fraction of sp³-hybridized carbons (Fsp3) is 0.429. The summed E-state index contributed by atoms with van der Waals surface area (Å²) in [6, 6.07) is 4.86. The highest BCUT2D eigenvalue weighted by molar-refractivity contribution is 14.1. The van der Waals surface area contributed by atoms with Crippen LogP contribution in [0.4, 0.5) is 0 Å². The van der Waals surface area contributed by atoms with Crippen LogP contribution < -0.4 is 10.6 Å². The number of aromatic hydroxyl groups is 1. The lowest BCUT2D eigenvalue weighted by Crippen LogP contribution is -2.35. The van der Waals surface area contributed by atoms with E-state index in [0.717, 1.165) is 6.42 Å². The van der Waals surface area contributed by atoms with E-state index in [-0.39, 0.29) is 36.6 Å². The number of halogens is 1. The maximum Gasteiger partial charge on any atom is 0.251 e. The molecule has 5 nitrogen and oxygen atoms in total. The van der Waals surface area contributed by atoms with Crippen molar-refractivity contribution in [1.29, 1.82) is 0 Å². The first kappa shape index (κ1) is 16.7. The van der Waals surface area contributed by atoms with Gasteiger partial charge >= 0.3 is 0 Å². The van der Waals surface area contributed by atoms with Gasteiger partial charge in [-0.3, -0.25) is 9.59 Å². The molecule has 0 fully saturated rings. The van der Waals surface area contributed by atoms with Crippen molar-refractivity contribution in [2.45, 2.75) is 32.7 Å². The molecule has 0 aliphatic heterocycles. The van der Waals surface area contributed by atoms with E-state index in [1.54, 1.807) is 12.1 Å². The van der Waals surface area contributed by atoms with E-state index in [1.807, 2.05) is 36.4 Å². The Kier molecular flexibility index (Phi) is 6.77.